The summed E-state index contributed by atoms with van der Waals surface area (Å²) in [6.45, 7) is 0.295. The molecule has 0 aromatic heterocycles. The van der Waals surface area contributed by atoms with Gasteiger partial charge in [0, 0.05) is 0 Å². The van der Waals surface area contributed by atoms with Crippen LogP contribution in [0.2, 0.25) is 0 Å². The average Bonchev–Trinajstić information content (AvgIpc) is 2.35. The lowest BCUT2D eigenvalue weighted by Crippen LogP contribution is -2.48. The van der Waals surface area contributed by atoms with Crippen LogP contribution in [0.5, 0.6) is 5.75 Å². The van der Waals surface area contributed by atoms with Crippen molar-refractivity contribution in [2.75, 3.05) is 6.61 Å². The maximum absolute atomic E-state index is 11.7. The number of ether oxygens (including phenoxy) is 1. The maximum atomic E-state index is 11.7. The van der Waals surface area contributed by atoms with Crippen LogP contribution < -0.4 is 21.3 Å². The van der Waals surface area contributed by atoms with Crippen LogP contribution in [0.3, 0.4) is 0 Å². The number of carbonyl (C=O) groups excluding carboxylic acids is 2. The minimum atomic E-state index is -0.796. The summed E-state index contributed by atoms with van der Waals surface area (Å²) >= 11 is 0. The van der Waals surface area contributed by atoms with Crippen LogP contribution in [-0.4, -0.2) is 18.5 Å². The van der Waals surface area contributed by atoms with E-state index in [9.17, 15) is 9.59 Å². The quantitative estimate of drug-likeness (QED) is 0.595. The van der Waals surface area contributed by atoms with E-state index in [2.05, 4.69) is 10.9 Å². The SMILES string of the molecule is NC(=O)NNC(=O)C1COc2ccccc2C1. The van der Waals surface area contributed by atoms with Gasteiger partial charge in [-0.1, -0.05) is 18.2 Å². The highest BCUT2D eigenvalue weighted by molar-refractivity contribution is 5.82. The number of para-hydroxylation sites is 1. The standard InChI is InChI=1S/C11H13N3O3/c12-11(16)14-13-10(15)8-5-7-3-1-2-4-9(7)17-6-8/h1-4,8H,5-6H2,(H,13,15)(H3,12,14,16). The van der Waals surface area contributed by atoms with Crippen molar-refractivity contribution >= 4 is 11.9 Å². The van der Waals surface area contributed by atoms with Gasteiger partial charge in [0.25, 0.3) is 0 Å². The number of rotatable bonds is 1. The molecule has 0 fully saturated rings. The topological polar surface area (TPSA) is 93.5 Å². The first-order valence-corrected chi connectivity index (χ1v) is 5.23. The van der Waals surface area contributed by atoms with Gasteiger partial charge in [-0.3, -0.25) is 10.2 Å². The zero-order chi connectivity index (χ0) is 12.3. The number of benzene rings is 1. The smallest absolute Gasteiger partial charge is 0.330 e. The van der Waals surface area contributed by atoms with E-state index in [1.807, 2.05) is 24.3 Å². The van der Waals surface area contributed by atoms with E-state index in [1.54, 1.807) is 0 Å². The molecule has 6 nitrogen and oxygen atoms in total. The van der Waals surface area contributed by atoms with Crippen molar-refractivity contribution in [2.45, 2.75) is 6.42 Å². The van der Waals surface area contributed by atoms with Crippen molar-refractivity contribution in [1.82, 2.24) is 10.9 Å². The second kappa shape index (κ2) is 4.73. The summed E-state index contributed by atoms with van der Waals surface area (Å²) in [5.41, 5.74) is 10.1. The number of nitrogens with two attached hydrogens (primary N) is 1. The monoisotopic (exact) mass is 235 g/mol. The Bertz CT molecular complexity index is 447. The molecular formula is C11H13N3O3. The fraction of sp³-hybridized carbons (Fsp3) is 0.273. The largest absolute Gasteiger partial charge is 0.492 e. The van der Waals surface area contributed by atoms with Crippen molar-refractivity contribution in [2.24, 2.45) is 11.7 Å². The van der Waals surface area contributed by atoms with Gasteiger partial charge in [-0.25, -0.2) is 10.2 Å². The summed E-state index contributed by atoms with van der Waals surface area (Å²) in [7, 11) is 0. The van der Waals surface area contributed by atoms with Crippen molar-refractivity contribution in [3.63, 3.8) is 0 Å². The zero-order valence-corrected chi connectivity index (χ0v) is 9.10. The van der Waals surface area contributed by atoms with Crippen LogP contribution >= 0.6 is 0 Å². The van der Waals surface area contributed by atoms with E-state index >= 15 is 0 Å². The van der Waals surface area contributed by atoms with Crippen molar-refractivity contribution < 1.29 is 14.3 Å². The van der Waals surface area contributed by atoms with Gasteiger partial charge >= 0.3 is 6.03 Å². The van der Waals surface area contributed by atoms with Crippen LogP contribution in [0, 0.1) is 5.92 Å². The third-order valence-electron chi connectivity index (χ3n) is 2.56. The lowest BCUT2D eigenvalue weighted by molar-refractivity contribution is -0.127. The Morgan fingerprint density at radius 2 is 2.06 bits per heavy atom. The van der Waals surface area contributed by atoms with Crippen molar-refractivity contribution in [3.8, 4) is 5.75 Å². The summed E-state index contributed by atoms with van der Waals surface area (Å²) in [4.78, 5) is 22.1. The number of amides is 3. The van der Waals surface area contributed by atoms with Gasteiger partial charge in [0.1, 0.15) is 12.4 Å². The molecule has 0 radical (unpaired) electrons. The molecule has 1 aliphatic rings. The lowest BCUT2D eigenvalue weighted by atomic mass is 9.96. The second-order valence-corrected chi connectivity index (χ2v) is 3.80. The van der Waals surface area contributed by atoms with Crippen LogP contribution in [0.15, 0.2) is 24.3 Å². The summed E-state index contributed by atoms with van der Waals surface area (Å²) in [5.74, 6) is 0.175. The molecule has 1 aromatic carbocycles. The number of hydrogen-bond acceptors (Lipinski definition) is 3. The molecule has 90 valence electrons. The van der Waals surface area contributed by atoms with E-state index in [4.69, 9.17) is 10.5 Å². The first-order chi connectivity index (χ1) is 8.16. The minimum Gasteiger partial charge on any atom is -0.492 e. The maximum Gasteiger partial charge on any atom is 0.330 e. The first-order valence-electron chi connectivity index (χ1n) is 5.23. The highest BCUT2D eigenvalue weighted by Gasteiger charge is 2.25. The Morgan fingerprint density at radius 3 is 2.82 bits per heavy atom. The number of primary amides is 1. The van der Waals surface area contributed by atoms with E-state index < -0.39 is 6.03 Å². The third-order valence-corrected chi connectivity index (χ3v) is 2.56. The lowest BCUT2D eigenvalue weighted by Gasteiger charge is -2.24. The molecule has 1 heterocycles. The number of hydrazine groups is 1. The van der Waals surface area contributed by atoms with Crippen LogP contribution in [0.1, 0.15) is 5.56 Å². The summed E-state index contributed by atoms with van der Waals surface area (Å²) in [6, 6.07) is 6.76. The normalized spacial score (nSPS) is 17.5. The highest BCUT2D eigenvalue weighted by atomic mass is 16.5. The van der Waals surface area contributed by atoms with E-state index in [1.165, 1.54) is 0 Å². The number of fused-ring (bicyclic) bond motifs is 1. The van der Waals surface area contributed by atoms with Gasteiger partial charge in [-0.2, -0.15) is 0 Å². The molecule has 0 aliphatic carbocycles. The summed E-state index contributed by atoms with van der Waals surface area (Å²) in [6.07, 6.45) is 0.586. The molecule has 0 saturated heterocycles. The molecule has 3 amide bonds. The van der Waals surface area contributed by atoms with Gasteiger partial charge in [0.15, 0.2) is 0 Å². The Morgan fingerprint density at radius 1 is 1.29 bits per heavy atom. The molecule has 1 aromatic rings. The molecule has 0 bridgehead atoms. The molecule has 2 rings (SSSR count). The predicted octanol–water partition coefficient (Wildman–Crippen LogP) is -0.0628. The van der Waals surface area contributed by atoms with E-state index in [0.717, 1.165) is 11.3 Å². The molecule has 4 N–H and O–H groups in total. The molecule has 1 unspecified atom stereocenters. The number of hydrogen-bond donors (Lipinski definition) is 3. The first kappa shape index (κ1) is 11.3. The number of nitrogens with one attached hydrogen (secondary N) is 2. The molecule has 17 heavy (non-hydrogen) atoms. The fourth-order valence-corrected chi connectivity index (χ4v) is 1.72. The van der Waals surface area contributed by atoms with Gasteiger partial charge in [0.05, 0.1) is 5.92 Å². The number of carbonyl (C=O) groups is 2. The van der Waals surface area contributed by atoms with Crippen LogP contribution in [-0.2, 0) is 11.2 Å². The van der Waals surface area contributed by atoms with Crippen LogP contribution in [0.4, 0.5) is 4.79 Å². The molecule has 0 spiro atoms. The zero-order valence-electron chi connectivity index (χ0n) is 9.10. The van der Waals surface area contributed by atoms with Crippen molar-refractivity contribution in [1.29, 1.82) is 0 Å². The highest BCUT2D eigenvalue weighted by Crippen LogP contribution is 2.26. The van der Waals surface area contributed by atoms with E-state index in [0.29, 0.717) is 13.0 Å². The second-order valence-electron chi connectivity index (χ2n) is 3.80. The molecule has 1 atom stereocenters. The Kier molecular flexibility index (Phi) is 3.13. The fourth-order valence-electron chi connectivity index (χ4n) is 1.72. The minimum absolute atomic E-state index is 0.295. The summed E-state index contributed by atoms with van der Waals surface area (Å²) in [5, 5.41) is 0. The molecule has 0 saturated carbocycles. The van der Waals surface area contributed by atoms with Gasteiger partial charge in [-0.15, -0.1) is 0 Å². The van der Waals surface area contributed by atoms with Crippen LogP contribution in [0.25, 0.3) is 0 Å². The predicted molar refractivity (Wildman–Crippen MR) is 60.0 cm³/mol. The van der Waals surface area contributed by atoms with E-state index in [-0.39, 0.29) is 11.8 Å². The number of urea groups is 1. The average molecular weight is 235 g/mol. The molecule has 6 heteroatoms. The van der Waals surface area contributed by atoms with Crippen molar-refractivity contribution in [3.05, 3.63) is 29.8 Å². The summed E-state index contributed by atoms with van der Waals surface area (Å²) < 4.78 is 5.46. The van der Waals surface area contributed by atoms with Gasteiger partial charge in [0.2, 0.25) is 5.91 Å². The Balaban J connectivity index is 1.97. The third kappa shape index (κ3) is 2.66. The molecular weight excluding hydrogens is 222 g/mol. The van der Waals surface area contributed by atoms with Gasteiger partial charge in [-0.05, 0) is 18.1 Å². The van der Waals surface area contributed by atoms with Gasteiger partial charge < -0.3 is 10.5 Å². The Labute approximate surface area is 98.1 Å². The molecule has 1 aliphatic heterocycles. The Hall–Kier alpha value is -2.24.